The Bertz CT molecular complexity index is 1140. The number of hydrogen-bond donors (Lipinski definition) is 0. The summed E-state index contributed by atoms with van der Waals surface area (Å²) in [5.41, 5.74) is 3.26. The maximum absolute atomic E-state index is 12.9. The van der Waals surface area contributed by atoms with Gasteiger partial charge in [-0.3, -0.25) is 19.5 Å². The average Bonchev–Trinajstić information content (AvgIpc) is 2.95. The van der Waals surface area contributed by atoms with E-state index in [-0.39, 0.29) is 11.7 Å². The minimum absolute atomic E-state index is 0.0655. The Labute approximate surface area is 165 Å². The number of amides is 1. The predicted octanol–water partition coefficient (Wildman–Crippen LogP) is 4.24. The molecule has 0 saturated carbocycles. The van der Waals surface area contributed by atoms with Gasteiger partial charge in [0.15, 0.2) is 10.1 Å². The van der Waals surface area contributed by atoms with Crippen molar-refractivity contribution in [1.82, 2.24) is 9.97 Å². The van der Waals surface area contributed by atoms with Crippen molar-refractivity contribution in [2.24, 2.45) is 0 Å². The molecule has 1 aromatic heterocycles. The molecule has 0 N–H and O–H groups in total. The summed E-state index contributed by atoms with van der Waals surface area (Å²) in [5.74, 6) is -0.301. The van der Waals surface area contributed by atoms with E-state index < -0.39 is 0 Å². The van der Waals surface area contributed by atoms with Crippen molar-refractivity contribution in [3.63, 3.8) is 0 Å². The predicted molar refractivity (Wildman–Crippen MR) is 112 cm³/mol. The van der Waals surface area contributed by atoms with Gasteiger partial charge < -0.3 is 0 Å². The maximum atomic E-state index is 12.9. The number of aromatic nitrogens is 2. The third kappa shape index (κ3) is 3.39. The molecule has 5 nitrogen and oxygen atoms in total. The summed E-state index contributed by atoms with van der Waals surface area (Å²) in [6, 6.07) is 14.4. The number of ketones is 1. The number of rotatable bonds is 3. The number of anilines is 1. The highest BCUT2D eigenvalue weighted by Gasteiger charge is 2.33. The van der Waals surface area contributed by atoms with Crippen molar-refractivity contribution in [2.45, 2.75) is 6.92 Å². The zero-order valence-corrected chi connectivity index (χ0v) is 15.9. The van der Waals surface area contributed by atoms with E-state index in [1.54, 1.807) is 36.5 Å². The molecule has 0 atom stereocenters. The number of benzene rings is 2. The highest BCUT2D eigenvalue weighted by Crippen LogP contribution is 2.36. The van der Waals surface area contributed by atoms with E-state index in [0.29, 0.717) is 26.2 Å². The Balaban J connectivity index is 1.68. The van der Waals surface area contributed by atoms with E-state index in [9.17, 15) is 9.59 Å². The minimum Gasteiger partial charge on any atom is -0.295 e. The van der Waals surface area contributed by atoms with Crippen LogP contribution in [0.3, 0.4) is 0 Å². The summed E-state index contributed by atoms with van der Waals surface area (Å²) >= 11 is 6.59. The first-order valence-corrected chi connectivity index (χ1v) is 9.36. The Hall–Kier alpha value is -2.90. The first-order chi connectivity index (χ1) is 13.0. The van der Waals surface area contributed by atoms with E-state index in [2.05, 4.69) is 9.97 Å². The van der Waals surface area contributed by atoms with Crippen molar-refractivity contribution >= 4 is 62.8 Å². The summed E-state index contributed by atoms with van der Waals surface area (Å²) in [6.45, 7) is 1.49. The van der Waals surface area contributed by atoms with Gasteiger partial charge in [0.05, 0.1) is 33.5 Å². The Morgan fingerprint density at radius 2 is 1.93 bits per heavy atom. The minimum atomic E-state index is -0.235. The summed E-state index contributed by atoms with van der Waals surface area (Å²) < 4.78 is 0.417. The van der Waals surface area contributed by atoms with Crippen LogP contribution in [0.4, 0.5) is 5.69 Å². The van der Waals surface area contributed by atoms with Gasteiger partial charge in [0, 0.05) is 5.56 Å². The second kappa shape index (κ2) is 7.02. The molecule has 1 fully saturated rings. The number of hydrogen-bond acceptors (Lipinski definition) is 6. The van der Waals surface area contributed by atoms with Crippen molar-refractivity contribution < 1.29 is 9.59 Å². The van der Waals surface area contributed by atoms with Gasteiger partial charge in [-0.15, -0.1) is 0 Å². The molecule has 2 heterocycles. The number of carbonyl (C=O) groups is 2. The molecule has 0 radical (unpaired) electrons. The SMILES string of the molecule is CC(=O)c1cccc(N2C(=O)/C(=C/c3cnc4ccccc4n3)SC2=S)c1. The topological polar surface area (TPSA) is 63.2 Å². The van der Waals surface area contributed by atoms with E-state index in [4.69, 9.17) is 12.2 Å². The second-order valence-corrected chi connectivity index (χ2v) is 7.58. The fourth-order valence-corrected chi connectivity index (χ4v) is 4.01. The van der Waals surface area contributed by atoms with Gasteiger partial charge in [0.1, 0.15) is 0 Å². The number of carbonyl (C=O) groups excluding carboxylic acids is 2. The summed E-state index contributed by atoms with van der Waals surface area (Å²) in [4.78, 5) is 35.3. The van der Waals surface area contributed by atoms with Crippen LogP contribution in [0.25, 0.3) is 17.1 Å². The number of nitrogens with zero attached hydrogens (tertiary/aromatic N) is 3. The smallest absolute Gasteiger partial charge is 0.270 e. The molecule has 27 heavy (non-hydrogen) atoms. The van der Waals surface area contributed by atoms with Gasteiger partial charge in [-0.05, 0) is 37.3 Å². The fourth-order valence-electron chi connectivity index (χ4n) is 2.73. The van der Waals surface area contributed by atoms with E-state index in [0.717, 1.165) is 11.0 Å². The molecule has 0 unspecified atom stereocenters. The first kappa shape index (κ1) is 17.5. The lowest BCUT2D eigenvalue weighted by Crippen LogP contribution is -2.27. The number of fused-ring (bicyclic) bond motifs is 1. The van der Waals surface area contributed by atoms with Gasteiger partial charge in [0.2, 0.25) is 0 Å². The standard InChI is InChI=1S/C20H13N3O2S2/c1-12(24)13-5-4-6-15(9-13)23-19(25)18(27-20(23)26)10-14-11-21-16-7-2-3-8-17(16)22-14/h2-11H,1H3/b18-10-. The highest BCUT2D eigenvalue weighted by molar-refractivity contribution is 8.27. The average molecular weight is 391 g/mol. The number of thioether (sulfide) groups is 1. The van der Waals surface area contributed by atoms with Crippen molar-refractivity contribution in [3.8, 4) is 0 Å². The van der Waals surface area contributed by atoms with Crippen molar-refractivity contribution in [2.75, 3.05) is 4.90 Å². The molecule has 1 aliphatic heterocycles. The van der Waals surface area contributed by atoms with Gasteiger partial charge in [0.25, 0.3) is 5.91 Å². The van der Waals surface area contributed by atoms with Crippen LogP contribution in [-0.2, 0) is 4.79 Å². The van der Waals surface area contributed by atoms with Crippen LogP contribution in [0.5, 0.6) is 0 Å². The molecular weight excluding hydrogens is 378 g/mol. The fraction of sp³-hybridized carbons (Fsp3) is 0.0500. The van der Waals surface area contributed by atoms with Gasteiger partial charge in [-0.25, -0.2) is 4.98 Å². The molecule has 4 rings (SSSR count). The molecule has 1 saturated heterocycles. The van der Waals surface area contributed by atoms with Crippen LogP contribution in [0, 0.1) is 0 Å². The Morgan fingerprint density at radius 3 is 2.70 bits per heavy atom. The largest absolute Gasteiger partial charge is 0.295 e. The Morgan fingerprint density at radius 1 is 1.15 bits per heavy atom. The maximum Gasteiger partial charge on any atom is 0.270 e. The van der Waals surface area contributed by atoms with Crippen LogP contribution in [-0.4, -0.2) is 26.0 Å². The van der Waals surface area contributed by atoms with E-state index in [1.807, 2.05) is 24.3 Å². The van der Waals surface area contributed by atoms with E-state index in [1.165, 1.54) is 23.6 Å². The zero-order chi connectivity index (χ0) is 19.0. The lowest BCUT2D eigenvalue weighted by molar-refractivity contribution is -0.113. The van der Waals surface area contributed by atoms with E-state index >= 15 is 0 Å². The normalized spacial score (nSPS) is 15.7. The number of thiocarbonyl (C=S) groups is 1. The van der Waals surface area contributed by atoms with Gasteiger partial charge in [-0.1, -0.05) is 48.2 Å². The van der Waals surface area contributed by atoms with Crippen LogP contribution >= 0.6 is 24.0 Å². The van der Waals surface area contributed by atoms with Crippen LogP contribution in [0.1, 0.15) is 23.0 Å². The molecule has 1 aliphatic rings. The van der Waals surface area contributed by atoms with Crippen LogP contribution in [0.15, 0.2) is 59.6 Å². The molecule has 1 amide bonds. The lowest BCUT2D eigenvalue weighted by Gasteiger charge is -2.15. The number of Topliss-reactive ketones (excluding diaryl/α,β-unsaturated/α-hetero) is 1. The molecule has 2 aromatic carbocycles. The van der Waals surface area contributed by atoms with Gasteiger partial charge in [-0.2, -0.15) is 0 Å². The molecule has 0 spiro atoms. The quantitative estimate of drug-likeness (QED) is 0.378. The Kier molecular flexibility index (Phi) is 4.55. The monoisotopic (exact) mass is 391 g/mol. The summed E-state index contributed by atoms with van der Waals surface area (Å²) in [7, 11) is 0. The summed E-state index contributed by atoms with van der Waals surface area (Å²) in [5, 5.41) is 0. The molecule has 0 bridgehead atoms. The van der Waals surface area contributed by atoms with Crippen LogP contribution < -0.4 is 4.90 Å². The molecule has 7 heteroatoms. The second-order valence-electron chi connectivity index (χ2n) is 5.91. The molecule has 0 aliphatic carbocycles. The number of para-hydroxylation sites is 2. The van der Waals surface area contributed by atoms with Crippen LogP contribution in [0.2, 0.25) is 0 Å². The summed E-state index contributed by atoms with van der Waals surface area (Å²) in [6.07, 6.45) is 3.32. The molecule has 132 valence electrons. The third-order valence-corrected chi connectivity index (χ3v) is 5.35. The molecule has 3 aromatic rings. The lowest BCUT2D eigenvalue weighted by atomic mass is 10.1. The third-order valence-electron chi connectivity index (χ3n) is 4.05. The van der Waals surface area contributed by atoms with Crippen molar-refractivity contribution in [1.29, 1.82) is 0 Å². The first-order valence-electron chi connectivity index (χ1n) is 8.14. The zero-order valence-electron chi connectivity index (χ0n) is 14.2. The van der Waals surface area contributed by atoms with Gasteiger partial charge >= 0.3 is 0 Å². The van der Waals surface area contributed by atoms with Crippen molar-refractivity contribution in [3.05, 3.63) is 70.9 Å². The molecular formula is C20H13N3O2S2. The highest BCUT2D eigenvalue weighted by atomic mass is 32.2.